The number of rotatable bonds is 11. The molecule has 0 aliphatic heterocycles. The number of carbonyl (C=O) groups excluding carboxylic acids is 2. The minimum absolute atomic E-state index is 0.0745. The van der Waals surface area contributed by atoms with E-state index in [2.05, 4.69) is 20.0 Å². The minimum Gasteiger partial charge on any atom is -0.469 e. The number of ketones is 1. The van der Waals surface area contributed by atoms with Gasteiger partial charge in [-0.2, -0.15) is 0 Å². The summed E-state index contributed by atoms with van der Waals surface area (Å²) in [5, 5.41) is 12.6. The number of nitrogens with zero attached hydrogens (tertiary/aromatic N) is 2. The van der Waals surface area contributed by atoms with Crippen molar-refractivity contribution in [3.63, 3.8) is 0 Å². The number of sulfone groups is 1. The summed E-state index contributed by atoms with van der Waals surface area (Å²) >= 11 is 0. The molecule has 0 saturated heterocycles. The van der Waals surface area contributed by atoms with Gasteiger partial charge in [0.25, 0.3) is 0 Å². The molecule has 0 amide bonds. The number of esters is 1. The number of nitrogens with one attached hydrogen (secondary N) is 1. The number of aliphatic hydroxyl groups is 1. The zero-order valence-electron chi connectivity index (χ0n) is 19.4. The van der Waals surface area contributed by atoms with Crippen LogP contribution in [-0.2, 0) is 24.2 Å². The Morgan fingerprint density at radius 1 is 1.18 bits per heavy atom. The molecule has 0 saturated carbocycles. The number of hydrogen-bond acceptors (Lipinski definition) is 9. The summed E-state index contributed by atoms with van der Waals surface area (Å²) in [7, 11) is -2.16. The Bertz CT molecular complexity index is 1160. The van der Waals surface area contributed by atoms with Gasteiger partial charge in [0.1, 0.15) is 11.7 Å². The third kappa shape index (κ3) is 8.31. The molecule has 0 aliphatic carbocycles. The molecule has 1 aromatic heterocycles. The van der Waals surface area contributed by atoms with E-state index >= 15 is 0 Å². The van der Waals surface area contributed by atoms with Crippen molar-refractivity contribution in [1.29, 1.82) is 0 Å². The van der Waals surface area contributed by atoms with Crippen LogP contribution in [0.4, 0.5) is 10.3 Å². The lowest BCUT2D eigenvalue weighted by molar-refractivity contribution is -0.143. The second kappa shape index (κ2) is 11.8. The summed E-state index contributed by atoms with van der Waals surface area (Å²) < 4.78 is 41.1. The van der Waals surface area contributed by atoms with E-state index in [0.29, 0.717) is 22.5 Å². The maximum absolute atomic E-state index is 13.5. The topological polar surface area (TPSA) is 136 Å². The molecule has 0 radical (unpaired) electrons. The van der Waals surface area contributed by atoms with Gasteiger partial charge in [-0.05, 0) is 42.3 Å². The predicted molar refractivity (Wildman–Crippen MR) is 126 cm³/mol. The lowest BCUT2D eigenvalue weighted by atomic mass is 9.97. The molecule has 0 bridgehead atoms. The smallest absolute Gasteiger partial charge is 0.308 e. The first-order chi connectivity index (χ1) is 15.9. The Morgan fingerprint density at radius 2 is 1.82 bits per heavy atom. The van der Waals surface area contributed by atoms with E-state index in [1.54, 1.807) is 0 Å². The average molecular weight is 494 g/mol. The highest BCUT2D eigenvalue weighted by molar-refractivity contribution is 7.90. The van der Waals surface area contributed by atoms with E-state index in [4.69, 9.17) is 0 Å². The lowest BCUT2D eigenvalue weighted by Crippen LogP contribution is -2.17. The van der Waals surface area contributed by atoms with Crippen LogP contribution in [0.1, 0.15) is 43.9 Å². The Hall–Kier alpha value is -3.18. The number of ether oxygens (including phenoxy) is 1. The van der Waals surface area contributed by atoms with Crippen LogP contribution in [0.25, 0.3) is 17.3 Å². The van der Waals surface area contributed by atoms with Crippen LogP contribution in [0.15, 0.2) is 30.3 Å². The van der Waals surface area contributed by atoms with E-state index in [-0.39, 0.29) is 30.6 Å². The number of anilines is 1. The normalized spacial score (nSPS) is 12.7. The summed E-state index contributed by atoms with van der Waals surface area (Å²) in [4.78, 5) is 32.5. The zero-order valence-corrected chi connectivity index (χ0v) is 20.2. The van der Waals surface area contributed by atoms with E-state index in [1.807, 2.05) is 13.8 Å². The standard InChI is InChI=1S/C23H28FN3O6S/c1-14(2)21-19(10-9-17(28)11-18(29)12-20(30)33-3)22(15-5-7-16(24)8-6-15)27-23(26-21)25-13-34(4,31)32/h5-10,14,18,29H,11-13H2,1-4H3,(H,25,26,27)/t18-/m1/s1. The van der Waals surface area contributed by atoms with Crippen LogP contribution in [0.2, 0.25) is 0 Å². The molecule has 0 spiro atoms. The van der Waals surface area contributed by atoms with Gasteiger partial charge in [-0.15, -0.1) is 0 Å². The van der Waals surface area contributed by atoms with Crippen molar-refractivity contribution in [3.05, 3.63) is 47.4 Å². The lowest BCUT2D eigenvalue weighted by Gasteiger charge is -2.16. The van der Waals surface area contributed by atoms with Crippen LogP contribution >= 0.6 is 0 Å². The van der Waals surface area contributed by atoms with Gasteiger partial charge >= 0.3 is 5.97 Å². The number of allylic oxidation sites excluding steroid dienone is 1. The molecule has 0 unspecified atom stereocenters. The van der Waals surface area contributed by atoms with Crippen molar-refractivity contribution in [2.45, 2.75) is 38.7 Å². The SMILES string of the molecule is COC(=O)C[C@H](O)CC(=O)C=Cc1c(-c2ccc(F)cc2)nc(NCS(C)(=O)=O)nc1C(C)C. The van der Waals surface area contributed by atoms with Crippen molar-refractivity contribution in [2.24, 2.45) is 0 Å². The van der Waals surface area contributed by atoms with E-state index in [1.165, 1.54) is 43.5 Å². The first-order valence-corrected chi connectivity index (χ1v) is 12.5. The number of halogens is 1. The monoisotopic (exact) mass is 493 g/mol. The van der Waals surface area contributed by atoms with Gasteiger partial charge in [0.15, 0.2) is 15.6 Å². The predicted octanol–water partition coefficient (Wildman–Crippen LogP) is 2.72. The van der Waals surface area contributed by atoms with Crippen LogP contribution < -0.4 is 5.32 Å². The Labute approximate surface area is 198 Å². The number of carbonyl (C=O) groups is 2. The molecule has 34 heavy (non-hydrogen) atoms. The van der Waals surface area contributed by atoms with Crippen LogP contribution in [-0.4, -0.2) is 60.6 Å². The van der Waals surface area contributed by atoms with Gasteiger partial charge < -0.3 is 15.2 Å². The second-order valence-corrected chi connectivity index (χ2v) is 10.2. The highest BCUT2D eigenvalue weighted by atomic mass is 32.2. The molecule has 184 valence electrons. The quantitative estimate of drug-likeness (QED) is 0.358. The number of hydrogen-bond donors (Lipinski definition) is 2. The molecular weight excluding hydrogens is 465 g/mol. The molecule has 0 aliphatic rings. The third-order valence-electron chi connectivity index (χ3n) is 4.63. The largest absolute Gasteiger partial charge is 0.469 e. The van der Waals surface area contributed by atoms with Crippen molar-refractivity contribution in [2.75, 3.05) is 24.6 Å². The average Bonchev–Trinajstić information content (AvgIpc) is 2.75. The minimum atomic E-state index is -3.35. The van der Waals surface area contributed by atoms with Crippen LogP contribution in [0, 0.1) is 5.82 Å². The summed E-state index contributed by atoms with van der Waals surface area (Å²) in [6.07, 6.45) is 2.04. The van der Waals surface area contributed by atoms with Gasteiger partial charge in [0.2, 0.25) is 5.95 Å². The highest BCUT2D eigenvalue weighted by Gasteiger charge is 2.19. The molecule has 11 heteroatoms. The van der Waals surface area contributed by atoms with Gasteiger partial charge in [-0.25, -0.2) is 22.8 Å². The summed E-state index contributed by atoms with van der Waals surface area (Å²) in [6.45, 7) is 3.74. The van der Waals surface area contributed by atoms with Crippen molar-refractivity contribution < 1.29 is 32.2 Å². The molecule has 2 rings (SSSR count). The summed E-state index contributed by atoms with van der Waals surface area (Å²) in [5.41, 5.74) is 1.92. The Kier molecular flexibility index (Phi) is 9.39. The summed E-state index contributed by atoms with van der Waals surface area (Å²) in [5.74, 6) is -1.94. The van der Waals surface area contributed by atoms with Crippen molar-refractivity contribution >= 4 is 33.6 Å². The number of aromatic nitrogens is 2. The molecule has 1 atom stereocenters. The molecule has 9 nitrogen and oxygen atoms in total. The maximum atomic E-state index is 13.5. The van der Waals surface area contributed by atoms with E-state index in [9.17, 15) is 27.5 Å². The van der Waals surface area contributed by atoms with Crippen molar-refractivity contribution in [3.8, 4) is 11.3 Å². The van der Waals surface area contributed by atoms with Gasteiger partial charge in [-0.3, -0.25) is 9.59 Å². The number of methoxy groups -OCH3 is 1. The fourth-order valence-electron chi connectivity index (χ4n) is 3.02. The fourth-order valence-corrected chi connectivity index (χ4v) is 3.41. The maximum Gasteiger partial charge on any atom is 0.308 e. The van der Waals surface area contributed by atoms with Gasteiger partial charge in [0.05, 0.1) is 31.0 Å². The van der Waals surface area contributed by atoms with Gasteiger partial charge in [0, 0.05) is 23.8 Å². The Balaban J connectivity index is 2.49. The second-order valence-electron chi connectivity index (χ2n) is 8.04. The third-order valence-corrected chi connectivity index (χ3v) is 5.30. The van der Waals surface area contributed by atoms with E-state index in [0.717, 1.165) is 6.26 Å². The first-order valence-electron chi connectivity index (χ1n) is 10.4. The van der Waals surface area contributed by atoms with Crippen LogP contribution in [0.3, 0.4) is 0 Å². The molecule has 0 fully saturated rings. The molecular formula is C23H28FN3O6S. The first kappa shape index (κ1) is 27.1. The fraction of sp³-hybridized carbons (Fsp3) is 0.391. The molecule has 1 heterocycles. The van der Waals surface area contributed by atoms with Gasteiger partial charge in [-0.1, -0.05) is 13.8 Å². The summed E-state index contributed by atoms with van der Waals surface area (Å²) in [6, 6.07) is 5.55. The molecule has 2 aromatic rings. The highest BCUT2D eigenvalue weighted by Crippen LogP contribution is 2.30. The van der Waals surface area contributed by atoms with E-state index < -0.39 is 33.5 Å². The van der Waals surface area contributed by atoms with Crippen LogP contribution in [0.5, 0.6) is 0 Å². The zero-order chi connectivity index (χ0) is 25.5. The van der Waals surface area contributed by atoms with Crippen molar-refractivity contribution in [1.82, 2.24) is 9.97 Å². The number of benzene rings is 1. The molecule has 1 aromatic carbocycles. The molecule has 2 N–H and O–H groups in total. The number of aliphatic hydroxyl groups excluding tert-OH is 1. The Morgan fingerprint density at radius 3 is 2.38 bits per heavy atom.